The van der Waals surface area contributed by atoms with Crippen LogP contribution < -0.4 is 0 Å². The molecular formula is C6H8O4S2. The van der Waals surface area contributed by atoms with E-state index in [0.29, 0.717) is 0 Å². The third-order valence-corrected chi connectivity index (χ3v) is 2.32. The molecule has 0 aliphatic heterocycles. The van der Waals surface area contributed by atoms with Crippen LogP contribution in [0.25, 0.3) is 0 Å². The highest BCUT2D eigenvalue weighted by Crippen LogP contribution is 2.08. The molecule has 0 aromatic carbocycles. The Kier molecular flexibility index (Phi) is 6.69. The van der Waals surface area contributed by atoms with Crippen molar-refractivity contribution in [2.45, 2.75) is 0 Å². The fourth-order valence-corrected chi connectivity index (χ4v) is 1.42. The zero-order chi connectivity index (χ0) is 9.40. The normalized spacial score (nSPS) is 10.3. The van der Waals surface area contributed by atoms with E-state index in [4.69, 9.17) is 10.2 Å². The minimum atomic E-state index is -0.882. The molecule has 4 nitrogen and oxygen atoms in total. The molecule has 0 aromatic heterocycles. The van der Waals surface area contributed by atoms with Crippen LogP contribution in [0.15, 0.2) is 10.8 Å². The van der Waals surface area contributed by atoms with Crippen molar-refractivity contribution in [2.24, 2.45) is 0 Å². The standard InChI is InChI=1S/C6H8O4S2/c7-5(8)3-11-1-2-12-4-6(9)10/h1-2H,3-4H2,(H,7,8)(H,9,10)/b2-1-. The summed E-state index contributed by atoms with van der Waals surface area (Å²) in [6.07, 6.45) is 0. The van der Waals surface area contributed by atoms with Gasteiger partial charge in [-0.15, -0.1) is 23.5 Å². The average molecular weight is 208 g/mol. The highest BCUT2D eigenvalue weighted by molar-refractivity contribution is 8.06. The first kappa shape index (κ1) is 11.4. The van der Waals surface area contributed by atoms with E-state index in [2.05, 4.69) is 0 Å². The Balaban J connectivity index is 3.26. The molecule has 12 heavy (non-hydrogen) atoms. The highest BCUT2D eigenvalue weighted by atomic mass is 32.2. The number of hydrogen-bond acceptors (Lipinski definition) is 4. The molecule has 0 radical (unpaired) electrons. The average Bonchev–Trinajstić information content (AvgIpc) is 1.95. The molecule has 0 aliphatic rings. The SMILES string of the molecule is O=C(O)CS/C=C\SCC(=O)O. The van der Waals surface area contributed by atoms with Crippen molar-refractivity contribution in [1.29, 1.82) is 0 Å². The zero-order valence-corrected chi connectivity index (χ0v) is 7.73. The number of carboxylic acid groups (broad SMARTS) is 2. The third kappa shape index (κ3) is 9.38. The van der Waals surface area contributed by atoms with E-state index in [1.165, 1.54) is 0 Å². The molecule has 68 valence electrons. The van der Waals surface area contributed by atoms with Crippen molar-refractivity contribution < 1.29 is 19.8 Å². The lowest BCUT2D eigenvalue weighted by atomic mass is 10.8. The van der Waals surface area contributed by atoms with E-state index in [-0.39, 0.29) is 11.5 Å². The maximum atomic E-state index is 9.98. The second-order valence-corrected chi connectivity index (χ2v) is 3.47. The summed E-state index contributed by atoms with van der Waals surface area (Å²) < 4.78 is 0. The first-order chi connectivity index (χ1) is 5.63. The van der Waals surface area contributed by atoms with Gasteiger partial charge in [-0.2, -0.15) is 0 Å². The van der Waals surface area contributed by atoms with Gasteiger partial charge in [-0.05, 0) is 10.8 Å². The Bertz CT molecular complexity index is 170. The van der Waals surface area contributed by atoms with E-state index in [9.17, 15) is 9.59 Å². The van der Waals surface area contributed by atoms with E-state index < -0.39 is 11.9 Å². The topological polar surface area (TPSA) is 74.6 Å². The van der Waals surface area contributed by atoms with Gasteiger partial charge < -0.3 is 10.2 Å². The minimum absolute atomic E-state index is 0.00410. The van der Waals surface area contributed by atoms with Gasteiger partial charge in [0.25, 0.3) is 0 Å². The van der Waals surface area contributed by atoms with Gasteiger partial charge in [-0.25, -0.2) is 0 Å². The van der Waals surface area contributed by atoms with Crippen LogP contribution in [0.1, 0.15) is 0 Å². The smallest absolute Gasteiger partial charge is 0.313 e. The minimum Gasteiger partial charge on any atom is -0.481 e. The van der Waals surface area contributed by atoms with Crippen molar-refractivity contribution >= 4 is 35.5 Å². The second kappa shape index (κ2) is 7.05. The number of carbonyl (C=O) groups is 2. The van der Waals surface area contributed by atoms with E-state index in [0.717, 1.165) is 23.5 Å². The molecule has 0 aromatic rings. The molecule has 0 fully saturated rings. The monoisotopic (exact) mass is 208 g/mol. The van der Waals surface area contributed by atoms with Crippen LogP contribution in [-0.4, -0.2) is 33.7 Å². The number of hydrogen-bond donors (Lipinski definition) is 2. The fraction of sp³-hybridized carbons (Fsp3) is 0.333. The first-order valence-corrected chi connectivity index (χ1v) is 5.04. The van der Waals surface area contributed by atoms with E-state index in [1.54, 1.807) is 10.8 Å². The van der Waals surface area contributed by atoms with Gasteiger partial charge in [0.05, 0.1) is 11.5 Å². The Hall–Kier alpha value is -0.620. The summed E-state index contributed by atoms with van der Waals surface area (Å²) in [7, 11) is 0. The molecule has 0 rings (SSSR count). The quantitative estimate of drug-likeness (QED) is 0.680. The van der Waals surface area contributed by atoms with Crippen molar-refractivity contribution in [3.63, 3.8) is 0 Å². The van der Waals surface area contributed by atoms with Crippen LogP contribution in [-0.2, 0) is 9.59 Å². The van der Waals surface area contributed by atoms with Crippen LogP contribution in [0, 0.1) is 0 Å². The molecule has 2 N–H and O–H groups in total. The van der Waals surface area contributed by atoms with Crippen LogP contribution >= 0.6 is 23.5 Å². The van der Waals surface area contributed by atoms with Crippen LogP contribution in [0.3, 0.4) is 0 Å². The van der Waals surface area contributed by atoms with Crippen molar-refractivity contribution in [3.8, 4) is 0 Å². The summed E-state index contributed by atoms with van der Waals surface area (Å²) in [6, 6.07) is 0. The van der Waals surface area contributed by atoms with Gasteiger partial charge in [0.1, 0.15) is 0 Å². The van der Waals surface area contributed by atoms with Crippen LogP contribution in [0.5, 0.6) is 0 Å². The molecule has 0 bridgehead atoms. The zero-order valence-electron chi connectivity index (χ0n) is 6.10. The molecule has 0 atom stereocenters. The Morgan fingerprint density at radius 2 is 1.33 bits per heavy atom. The molecule has 0 aliphatic carbocycles. The number of rotatable bonds is 6. The summed E-state index contributed by atoms with van der Waals surface area (Å²) in [5, 5.41) is 19.5. The number of carboxylic acids is 2. The summed E-state index contributed by atoms with van der Waals surface area (Å²) in [5.41, 5.74) is 0. The van der Waals surface area contributed by atoms with Gasteiger partial charge in [0, 0.05) is 0 Å². The molecule has 0 amide bonds. The lowest BCUT2D eigenvalue weighted by molar-refractivity contribution is -0.134. The van der Waals surface area contributed by atoms with E-state index >= 15 is 0 Å². The highest BCUT2D eigenvalue weighted by Gasteiger charge is 1.94. The third-order valence-electron chi connectivity index (χ3n) is 0.662. The maximum absolute atomic E-state index is 9.98. The summed E-state index contributed by atoms with van der Waals surface area (Å²) in [5.74, 6) is -1.75. The lowest BCUT2D eigenvalue weighted by Gasteiger charge is -1.88. The molecule has 6 heteroatoms. The Morgan fingerprint density at radius 1 is 1.00 bits per heavy atom. The summed E-state index contributed by atoms with van der Waals surface area (Å²) in [6.45, 7) is 0. The van der Waals surface area contributed by atoms with Gasteiger partial charge in [0.2, 0.25) is 0 Å². The molecular weight excluding hydrogens is 200 g/mol. The molecule has 0 saturated heterocycles. The van der Waals surface area contributed by atoms with Gasteiger partial charge in [-0.3, -0.25) is 9.59 Å². The second-order valence-electron chi connectivity index (χ2n) is 1.68. The summed E-state index contributed by atoms with van der Waals surface area (Å²) in [4.78, 5) is 20.0. The Labute approximate surface area is 78.0 Å². The van der Waals surface area contributed by atoms with Crippen LogP contribution in [0.2, 0.25) is 0 Å². The molecule has 0 heterocycles. The Morgan fingerprint density at radius 3 is 1.58 bits per heavy atom. The number of thioether (sulfide) groups is 2. The fourth-order valence-electron chi connectivity index (χ4n) is 0.317. The molecule has 0 spiro atoms. The first-order valence-electron chi connectivity index (χ1n) is 2.94. The summed E-state index contributed by atoms with van der Waals surface area (Å²) >= 11 is 2.24. The van der Waals surface area contributed by atoms with Gasteiger partial charge in [0.15, 0.2) is 0 Å². The molecule has 0 unspecified atom stereocenters. The predicted molar refractivity (Wildman–Crippen MR) is 49.3 cm³/mol. The predicted octanol–water partition coefficient (Wildman–Crippen LogP) is 1.09. The molecule has 0 saturated carbocycles. The largest absolute Gasteiger partial charge is 0.481 e. The van der Waals surface area contributed by atoms with Crippen molar-refractivity contribution in [3.05, 3.63) is 10.8 Å². The maximum Gasteiger partial charge on any atom is 0.313 e. The van der Waals surface area contributed by atoms with Crippen molar-refractivity contribution in [2.75, 3.05) is 11.5 Å². The van der Waals surface area contributed by atoms with Crippen LogP contribution in [0.4, 0.5) is 0 Å². The van der Waals surface area contributed by atoms with Crippen molar-refractivity contribution in [1.82, 2.24) is 0 Å². The lowest BCUT2D eigenvalue weighted by Crippen LogP contribution is -1.96. The van der Waals surface area contributed by atoms with E-state index in [1.807, 2.05) is 0 Å². The van der Waals surface area contributed by atoms with Gasteiger partial charge in [-0.1, -0.05) is 0 Å². The van der Waals surface area contributed by atoms with Gasteiger partial charge >= 0.3 is 11.9 Å². The number of aliphatic carboxylic acids is 2.